The molecule has 0 aromatic heterocycles. The minimum absolute atomic E-state index is 0.0111. The molecule has 28 heavy (non-hydrogen) atoms. The van der Waals surface area contributed by atoms with Crippen molar-refractivity contribution >= 4 is 51.9 Å². The number of rotatable bonds is 7. The van der Waals surface area contributed by atoms with E-state index in [4.69, 9.17) is 33.3 Å². The summed E-state index contributed by atoms with van der Waals surface area (Å²) in [6.45, 7) is 6.36. The summed E-state index contributed by atoms with van der Waals surface area (Å²) < 4.78 is 12.0. The molecule has 2 fully saturated rings. The van der Waals surface area contributed by atoms with E-state index < -0.39 is 0 Å². The summed E-state index contributed by atoms with van der Waals surface area (Å²) in [4.78, 5) is 15.4. The Kier molecular flexibility index (Phi) is 7.43. The largest absolute Gasteiger partial charge is 0.490 e. The van der Waals surface area contributed by atoms with Crippen LogP contribution in [0.1, 0.15) is 44.6 Å². The van der Waals surface area contributed by atoms with Crippen LogP contribution in [0.5, 0.6) is 11.5 Å². The number of hydrogen-bond acceptors (Lipinski definition) is 5. The van der Waals surface area contributed by atoms with Crippen LogP contribution >= 0.6 is 35.6 Å². The molecule has 1 aliphatic heterocycles. The third-order valence-electron chi connectivity index (χ3n) is 4.74. The van der Waals surface area contributed by atoms with Crippen LogP contribution in [0.2, 0.25) is 5.02 Å². The molecule has 4 nitrogen and oxygen atoms in total. The van der Waals surface area contributed by atoms with Gasteiger partial charge in [-0.3, -0.25) is 9.69 Å². The van der Waals surface area contributed by atoms with Crippen LogP contribution in [-0.2, 0) is 4.79 Å². The molecule has 1 saturated carbocycles. The molecule has 0 N–H and O–H groups in total. The van der Waals surface area contributed by atoms with Gasteiger partial charge in [-0.2, -0.15) is 0 Å². The molecule has 7 heteroatoms. The van der Waals surface area contributed by atoms with Gasteiger partial charge >= 0.3 is 0 Å². The number of nitrogens with zero attached hydrogens (tertiary/aromatic N) is 1. The summed E-state index contributed by atoms with van der Waals surface area (Å²) in [5.74, 6) is 1.02. The molecule has 2 aliphatic rings. The zero-order valence-corrected chi connectivity index (χ0v) is 18.3. The Balaban J connectivity index is 1.87. The number of hydrogen-bond donors (Lipinski definition) is 0. The first-order valence-electron chi connectivity index (χ1n) is 9.52. The van der Waals surface area contributed by atoms with Crippen LogP contribution in [0.3, 0.4) is 0 Å². The maximum Gasteiger partial charge on any atom is 0.266 e. The number of thioether (sulfide) groups is 1. The Hall–Kier alpha value is -1.50. The second-order valence-corrected chi connectivity index (χ2v) is 8.79. The van der Waals surface area contributed by atoms with Gasteiger partial charge in [0.2, 0.25) is 0 Å². The van der Waals surface area contributed by atoms with Crippen molar-refractivity contribution in [2.24, 2.45) is 0 Å². The first kappa shape index (κ1) is 21.2. The Morgan fingerprint density at radius 2 is 2.07 bits per heavy atom. The summed E-state index contributed by atoms with van der Waals surface area (Å²) >= 11 is 13.3. The van der Waals surface area contributed by atoms with Crippen LogP contribution in [0, 0.1) is 0 Å². The van der Waals surface area contributed by atoms with Gasteiger partial charge < -0.3 is 9.47 Å². The number of thiocarbonyl (C=S) groups is 1. The zero-order valence-electron chi connectivity index (χ0n) is 15.9. The fourth-order valence-electron chi connectivity index (χ4n) is 3.50. The molecular formula is C21H24ClNO3S2. The van der Waals surface area contributed by atoms with E-state index in [9.17, 15) is 4.79 Å². The van der Waals surface area contributed by atoms with E-state index in [0.29, 0.717) is 39.0 Å². The van der Waals surface area contributed by atoms with E-state index in [-0.39, 0.29) is 11.9 Å². The van der Waals surface area contributed by atoms with Crippen LogP contribution in [-0.4, -0.2) is 34.4 Å². The molecule has 0 atom stereocenters. The van der Waals surface area contributed by atoms with E-state index >= 15 is 0 Å². The number of carbonyl (C=O) groups is 1. The highest BCUT2D eigenvalue weighted by molar-refractivity contribution is 8.26. The van der Waals surface area contributed by atoms with Gasteiger partial charge in [0.05, 0.1) is 16.5 Å². The molecule has 1 heterocycles. The van der Waals surface area contributed by atoms with Crippen molar-refractivity contribution in [1.82, 2.24) is 4.90 Å². The monoisotopic (exact) mass is 437 g/mol. The fraction of sp³-hybridized carbons (Fsp3) is 0.429. The summed E-state index contributed by atoms with van der Waals surface area (Å²) in [7, 11) is 0. The molecule has 1 saturated heterocycles. The maximum absolute atomic E-state index is 13.0. The smallest absolute Gasteiger partial charge is 0.266 e. The van der Waals surface area contributed by atoms with Crippen molar-refractivity contribution in [2.75, 3.05) is 13.2 Å². The van der Waals surface area contributed by atoms with Gasteiger partial charge in [0.1, 0.15) is 10.9 Å². The van der Waals surface area contributed by atoms with Crippen LogP contribution in [0.25, 0.3) is 6.08 Å². The lowest BCUT2D eigenvalue weighted by atomic mass is 9.94. The third kappa shape index (κ3) is 4.73. The van der Waals surface area contributed by atoms with Crippen molar-refractivity contribution in [3.8, 4) is 11.5 Å². The first-order valence-corrected chi connectivity index (χ1v) is 11.1. The van der Waals surface area contributed by atoms with Gasteiger partial charge in [-0.25, -0.2) is 0 Å². The normalized spacial score (nSPS) is 19.4. The molecule has 150 valence electrons. The van der Waals surface area contributed by atoms with E-state index in [1.807, 2.05) is 19.1 Å². The van der Waals surface area contributed by atoms with Gasteiger partial charge in [-0.15, -0.1) is 0 Å². The molecule has 1 aliphatic carbocycles. The molecule has 1 aromatic rings. The van der Waals surface area contributed by atoms with Gasteiger partial charge in [-0.05, 0) is 43.5 Å². The van der Waals surface area contributed by atoms with Gasteiger partial charge in [0.25, 0.3) is 5.91 Å². The second-order valence-electron chi connectivity index (χ2n) is 6.71. The van der Waals surface area contributed by atoms with Gasteiger partial charge in [0.15, 0.2) is 11.5 Å². The molecule has 1 aromatic carbocycles. The Morgan fingerprint density at radius 3 is 2.75 bits per heavy atom. The van der Waals surface area contributed by atoms with E-state index in [1.54, 1.807) is 17.0 Å². The number of carbonyl (C=O) groups excluding carboxylic acids is 1. The van der Waals surface area contributed by atoms with Crippen molar-refractivity contribution < 1.29 is 14.3 Å². The van der Waals surface area contributed by atoms with Crippen LogP contribution in [0.15, 0.2) is 29.7 Å². The third-order valence-corrected chi connectivity index (χ3v) is 6.35. The standard InChI is InChI=1S/C21H24ClNO3S2/c1-3-10-26-19-16(22)11-14(12-17(19)25-4-2)13-18-20(24)23(21(27)28-18)15-8-6-5-7-9-15/h3,11-13,15H,1,4-10H2,2H3/b18-13-. The average molecular weight is 438 g/mol. The number of amides is 1. The Morgan fingerprint density at radius 1 is 1.32 bits per heavy atom. The lowest BCUT2D eigenvalue weighted by molar-refractivity contribution is -0.124. The number of ether oxygens (including phenoxy) is 2. The van der Waals surface area contributed by atoms with Crippen LogP contribution < -0.4 is 9.47 Å². The minimum atomic E-state index is -0.0111. The molecule has 0 unspecified atom stereocenters. The molecule has 0 radical (unpaired) electrons. The zero-order chi connectivity index (χ0) is 20.1. The van der Waals surface area contributed by atoms with Gasteiger partial charge in [0, 0.05) is 6.04 Å². The summed E-state index contributed by atoms with van der Waals surface area (Å²) in [6, 6.07) is 3.83. The predicted molar refractivity (Wildman–Crippen MR) is 120 cm³/mol. The second kappa shape index (κ2) is 9.81. The number of benzene rings is 1. The maximum atomic E-state index is 13.0. The number of halogens is 1. The molecule has 0 spiro atoms. The quantitative estimate of drug-likeness (QED) is 0.304. The highest BCUT2D eigenvalue weighted by Crippen LogP contribution is 2.40. The Bertz CT molecular complexity index is 803. The van der Waals surface area contributed by atoms with Gasteiger partial charge in [-0.1, -0.05) is 67.5 Å². The molecule has 0 bridgehead atoms. The summed E-state index contributed by atoms with van der Waals surface area (Å²) in [6.07, 6.45) is 9.07. The lowest BCUT2D eigenvalue weighted by Gasteiger charge is -2.29. The van der Waals surface area contributed by atoms with Crippen molar-refractivity contribution in [2.45, 2.75) is 45.1 Å². The minimum Gasteiger partial charge on any atom is -0.490 e. The van der Waals surface area contributed by atoms with E-state index in [1.165, 1.54) is 18.2 Å². The first-order chi connectivity index (χ1) is 13.5. The predicted octanol–water partition coefficient (Wildman–Crippen LogP) is 5.84. The Labute approximate surface area is 180 Å². The SMILES string of the molecule is C=CCOc1c(Cl)cc(/C=C2\SC(=S)N(C3CCCCC3)C2=O)cc1OCC. The van der Waals surface area contributed by atoms with Crippen molar-refractivity contribution in [1.29, 1.82) is 0 Å². The van der Waals surface area contributed by atoms with Crippen molar-refractivity contribution in [3.63, 3.8) is 0 Å². The summed E-state index contributed by atoms with van der Waals surface area (Å²) in [5.41, 5.74) is 0.781. The average Bonchev–Trinajstić information content (AvgIpc) is 2.95. The van der Waals surface area contributed by atoms with Crippen molar-refractivity contribution in [3.05, 3.63) is 40.3 Å². The molecular weight excluding hydrogens is 414 g/mol. The van der Waals surface area contributed by atoms with E-state index in [2.05, 4.69) is 6.58 Å². The topological polar surface area (TPSA) is 38.8 Å². The molecule has 3 rings (SSSR count). The van der Waals surface area contributed by atoms with Crippen LogP contribution in [0.4, 0.5) is 0 Å². The molecule has 1 amide bonds. The fourth-order valence-corrected chi connectivity index (χ4v) is 5.18. The summed E-state index contributed by atoms with van der Waals surface area (Å²) in [5, 5.41) is 0.432. The highest BCUT2D eigenvalue weighted by Gasteiger charge is 2.37. The highest BCUT2D eigenvalue weighted by atomic mass is 35.5. The lowest BCUT2D eigenvalue weighted by Crippen LogP contribution is -2.39. The van der Waals surface area contributed by atoms with E-state index in [0.717, 1.165) is 31.2 Å².